The quantitative estimate of drug-likeness (QED) is 0.398. The van der Waals surface area contributed by atoms with Crippen molar-refractivity contribution in [3.8, 4) is 0 Å². The number of halogens is 2. The van der Waals surface area contributed by atoms with E-state index in [9.17, 15) is 9.59 Å². The summed E-state index contributed by atoms with van der Waals surface area (Å²) in [6.07, 6.45) is 0. The Labute approximate surface area is 182 Å². The molecule has 0 aromatic heterocycles. The van der Waals surface area contributed by atoms with Crippen LogP contribution in [0.15, 0.2) is 94.2 Å². The summed E-state index contributed by atoms with van der Waals surface area (Å²) in [5, 5.41) is 13.9. The number of rotatable bonds is 4. The Balaban J connectivity index is 1.72. The fourth-order valence-corrected chi connectivity index (χ4v) is 3.24. The maximum atomic E-state index is 13.1. The predicted octanol–water partition coefficient (Wildman–Crippen LogP) is 5.53. The summed E-state index contributed by atoms with van der Waals surface area (Å²) in [6, 6.07) is 21.3. The number of nitrogens with zero attached hydrogens (tertiary/aromatic N) is 4. The number of hydrazone groups is 1. The van der Waals surface area contributed by atoms with Crippen LogP contribution >= 0.6 is 23.2 Å². The Bertz CT molecular complexity index is 1160. The molecule has 4 rings (SSSR count). The number of carbonyl (C=O) groups is 2. The van der Waals surface area contributed by atoms with Crippen molar-refractivity contribution >= 4 is 46.4 Å². The third kappa shape index (κ3) is 3.87. The van der Waals surface area contributed by atoms with E-state index in [0.717, 1.165) is 5.01 Å². The van der Waals surface area contributed by atoms with Crippen LogP contribution in [-0.2, 0) is 4.79 Å². The summed E-state index contributed by atoms with van der Waals surface area (Å²) in [5.74, 6) is -1.13. The summed E-state index contributed by atoms with van der Waals surface area (Å²) >= 11 is 12.2. The second kappa shape index (κ2) is 8.57. The zero-order valence-corrected chi connectivity index (χ0v) is 17.0. The van der Waals surface area contributed by atoms with E-state index in [1.54, 1.807) is 60.7 Å². The van der Waals surface area contributed by atoms with Gasteiger partial charge in [0.25, 0.3) is 11.8 Å². The topological polar surface area (TPSA) is 74.5 Å². The minimum Gasteiger partial charge on any atom is -0.269 e. The molecule has 0 radical (unpaired) electrons. The van der Waals surface area contributed by atoms with E-state index in [1.165, 1.54) is 0 Å². The molecule has 0 fully saturated rings. The van der Waals surface area contributed by atoms with Crippen molar-refractivity contribution in [1.29, 1.82) is 0 Å². The molecule has 8 heteroatoms. The normalized spacial score (nSPS) is 16.2. The Morgan fingerprint density at radius 1 is 0.900 bits per heavy atom. The van der Waals surface area contributed by atoms with Gasteiger partial charge in [0.1, 0.15) is 11.4 Å². The molecule has 1 aliphatic heterocycles. The lowest BCUT2D eigenvalue weighted by Gasteiger charge is -2.10. The first-order chi connectivity index (χ1) is 14.6. The smallest absolute Gasteiger partial charge is 0.269 e. The van der Waals surface area contributed by atoms with Crippen LogP contribution in [0.5, 0.6) is 0 Å². The van der Waals surface area contributed by atoms with Gasteiger partial charge in [-0.25, -0.2) is 0 Å². The van der Waals surface area contributed by atoms with Crippen molar-refractivity contribution in [1.82, 2.24) is 5.01 Å². The summed E-state index contributed by atoms with van der Waals surface area (Å²) in [7, 11) is 0. The number of benzene rings is 3. The zero-order valence-electron chi connectivity index (χ0n) is 15.4. The van der Waals surface area contributed by atoms with Gasteiger partial charge in [0.05, 0.1) is 10.0 Å². The maximum absolute atomic E-state index is 13.1. The molecule has 0 saturated carbocycles. The summed E-state index contributed by atoms with van der Waals surface area (Å²) in [6.45, 7) is 0. The maximum Gasteiger partial charge on any atom is 0.283 e. The van der Waals surface area contributed by atoms with Crippen LogP contribution in [0, 0.1) is 0 Å². The lowest BCUT2D eigenvalue weighted by atomic mass is 10.0. The Morgan fingerprint density at radius 2 is 1.57 bits per heavy atom. The molecule has 3 aromatic carbocycles. The Morgan fingerprint density at radius 3 is 2.27 bits per heavy atom. The van der Waals surface area contributed by atoms with Crippen LogP contribution in [0.2, 0.25) is 10.0 Å². The lowest BCUT2D eigenvalue weighted by molar-refractivity contribution is -0.127. The number of carbonyl (C=O) groups excluding carboxylic acids is 2. The van der Waals surface area contributed by atoms with E-state index in [2.05, 4.69) is 15.3 Å². The molecular weight excluding hydrogens is 423 g/mol. The first-order valence-electron chi connectivity index (χ1n) is 8.98. The van der Waals surface area contributed by atoms with E-state index < -0.39 is 17.9 Å². The molecule has 6 nitrogen and oxygen atoms in total. The number of hydrogen-bond acceptors (Lipinski definition) is 5. The van der Waals surface area contributed by atoms with Crippen molar-refractivity contribution in [3.05, 3.63) is 100 Å². The molecule has 1 atom stereocenters. The van der Waals surface area contributed by atoms with E-state index in [-0.39, 0.29) is 5.02 Å². The SMILES string of the molecule is O=C(c1ccccc1)N1N=C(c2ccccc2)C(N=Nc2cccc(Cl)c2Cl)C1=O. The molecule has 3 aromatic rings. The zero-order chi connectivity index (χ0) is 21.1. The Hall–Kier alpha value is -3.35. The third-order valence-electron chi connectivity index (χ3n) is 4.40. The highest BCUT2D eigenvalue weighted by atomic mass is 35.5. The predicted molar refractivity (Wildman–Crippen MR) is 115 cm³/mol. The van der Waals surface area contributed by atoms with Crippen molar-refractivity contribution < 1.29 is 9.59 Å². The first kappa shape index (κ1) is 19.9. The lowest BCUT2D eigenvalue weighted by Crippen LogP contribution is -2.34. The van der Waals surface area contributed by atoms with Crippen molar-refractivity contribution in [3.63, 3.8) is 0 Å². The molecule has 0 N–H and O–H groups in total. The fourth-order valence-electron chi connectivity index (χ4n) is 2.91. The number of imide groups is 1. The minimum absolute atomic E-state index is 0.226. The fraction of sp³-hybridized carbons (Fsp3) is 0.0455. The van der Waals surface area contributed by atoms with Gasteiger partial charge < -0.3 is 0 Å². The highest BCUT2D eigenvalue weighted by Gasteiger charge is 2.40. The monoisotopic (exact) mass is 436 g/mol. The molecule has 148 valence electrons. The van der Waals surface area contributed by atoms with Crippen LogP contribution in [0.25, 0.3) is 0 Å². The third-order valence-corrected chi connectivity index (χ3v) is 5.21. The van der Waals surface area contributed by atoms with Gasteiger partial charge in [0.15, 0.2) is 6.04 Å². The van der Waals surface area contributed by atoms with Crippen LogP contribution in [0.4, 0.5) is 5.69 Å². The molecule has 0 saturated heterocycles. The van der Waals surface area contributed by atoms with Gasteiger partial charge in [0.2, 0.25) is 0 Å². The molecule has 1 unspecified atom stereocenters. The minimum atomic E-state index is -1.09. The summed E-state index contributed by atoms with van der Waals surface area (Å²) < 4.78 is 0. The van der Waals surface area contributed by atoms with Gasteiger partial charge in [-0.05, 0) is 24.3 Å². The average Bonchev–Trinajstić information content (AvgIpc) is 3.11. The van der Waals surface area contributed by atoms with Crippen LogP contribution in [0.1, 0.15) is 15.9 Å². The number of hydrogen-bond donors (Lipinski definition) is 0. The molecule has 2 amide bonds. The van der Waals surface area contributed by atoms with Crippen LogP contribution in [0.3, 0.4) is 0 Å². The molecule has 0 aliphatic carbocycles. The average molecular weight is 437 g/mol. The van der Waals surface area contributed by atoms with E-state index in [0.29, 0.717) is 27.5 Å². The molecule has 0 bridgehead atoms. The molecule has 1 heterocycles. The molecule has 1 aliphatic rings. The molecule has 30 heavy (non-hydrogen) atoms. The van der Waals surface area contributed by atoms with Crippen molar-refractivity contribution in [2.24, 2.45) is 15.3 Å². The molecular formula is C22H14Cl2N4O2. The first-order valence-corrected chi connectivity index (χ1v) is 9.74. The largest absolute Gasteiger partial charge is 0.283 e. The van der Waals surface area contributed by atoms with Crippen molar-refractivity contribution in [2.75, 3.05) is 0 Å². The second-order valence-electron chi connectivity index (χ2n) is 6.36. The summed E-state index contributed by atoms with van der Waals surface area (Å²) in [5.41, 5.74) is 1.65. The number of azo groups is 1. The summed E-state index contributed by atoms with van der Waals surface area (Å²) in [4.78, 5) is 25.9. The number of amides is 2. The van der Waals surface area contributed by atoms with E-state index in [1.807, 2.05) is 18.2 Å². The van der Waals surface area contributed by atoms with Crippen molar-refractivity contribution in [2.45, 2.75) is 6.04 Å². The Kier molecular flexibility index (Phi) is 5.70. The van der Waals surface area contributed by atoms with E-state index >= 15 is 0 Å². The van der Waals surface area contributed by atoms with Crippen LogP contribution < -0.4 is 0 Å². The second-order valence-corrected chi connectivity index (χ2v) is 7.15. The van der Waals surface area contributed by atoms with Gasteiger partial charge in [-0.2, -0.15) is 20.3 Å². The van der Waals surface area contributed by atoms with Gasteiger partial charge >= 0.3 is 0 Å². The highest BCUT2D eigenvalue weighted by molar-refractivity contribution is 6.43. The standard InChI is InChI=1S/C22H14Cl2N4O2/c23-16-12-7-13-17(18(16)24)25-26-20-19(14-8-3-1-4-9-14)27-28(22(20)30)21(29)15-10-5-2-6-11-15/h1-13,20H. The van der Waals surface area contributed by atoms with E-state index in [4.69, 9.17) is 23.2 Å². The molecule has 0 spiro atoms. The van der Waals surface area contributed by atoms with Gasteiger partial charge in [-0.15, -0.1) is 0 Å². The van der Waals surface area contributed by atoms with Gasteiger partial charge in [0, 0.05) is 11.1 Å². The highest BCUT2D eigenvalue weighted by Crippen LogP contribution is 2.32. The van der Waals surface area contributed by atoms with Gasteiger partial charge in [-0.1, -0.05) is 77.8 Å². The van der Waals surface area contributed by atoms with Crippen LogP contribution in [-0.4, -0.2) is 28.6 Å². The van der Waals surface area contributed by atoms with Gasteiger partial charge in [-0.3, -0.25) is 9.59 Å².